The molecule has 2 nitrogen and oxygen atoms in total. The summed E-state index contributed by atoms with van der Waals surface area (Å²) in [6.07, 6.45) is -2.76. The van der Waals surface area contributed by atoms with E-state index in [0.29, 0.717) is 30.5 Å². The summed E-state index contributed by atoms with van der Waals surface area (Å²) in [5.74, 6) is -1.07. The fourth-order valence-electron chi connectivity index (χ4n) is 1.40. The van der Waals surface area contributed by atoms with E-state index < -0.39 is 29.0 Å². The largest absolute Gasteiger partial charge is 0.416 e. The third-order valence-electron chi connectivity index (χ3n) is 2.50. The summed E-state index contributed by atoms with van der Waals surface area (Å²) in [5, 5.41) is 0. The van der Waals surface area contributed by atoms with Crippen molar-refractivity contribution >= 4 is 17.7 Å². The molecule has 0 aliphatic heterocycles. The SMILES string of the molecule is CSCCN(C)C(=O)c1cc(C(F)(F)F)ccc1F. The van der Waals surface area contributed by atoms with Gasteiger partial charge >= 0.3 is 6.18 Å². The number of nitrogens with zero attached hydrogens (tertiary/aromatic N) is 1. The van der Waals surface area contributed by atoms with Crippen LogP contribution in [-0.2, 0) is 6.18 Å². The molecule has 0 spiro atoms. The maximum absolute atomic E-state index is 13.5. The first kappa shape index (κ1) is 15.8. The number of amides is 1. The predicted octanol–water partition coefficient (Wildman–Crippen LogP) is 3.28. The molecule has 1 aromatic rings. The number of hydrogen-bond donors (Lipinski definition) is 0. The second-order valence-electron chi connectivity index (χ2n) is 3.91. The molecular formula is C12H13F4NOS. The highest BCUT2D eigenvalue weighted by Crippen LogP contribution is 2.30. The first-order chi connectivity index (χ1) is 8.77. The molecular weight excluding hydrogens is 282 g/mol. The Kier molecular flexibility index (Phi) is 5.22. The van der Waals surface area contributed by atoms with Crippen molar-refractivity contribution in [2.45, 2.75) is 6.18 Å². The van der Waals surface area contributed by atoms with E-state index in [1.807, 2.05) is 6.26 Å². The molecule has 19 heavy (non-hydrogen) atoms. The van der Waals surface area contributed by atoms with Crippen molar-refractivity contribution < 1.29 is 22.4 Å². The third-order valence-corrected chi connectivity index (χ3v) is 3.09. The van der Waals surface area contributed by atoms with Crippen molar-refractivity contribution in [3.8, 4) is 0 Å². The van der Waals surface area contributed by atoms with Gasteiger partial charge in [0.15, 0.2) is 0 Å². The van der Waals surface area contributed by atoms with Crippen LogP contribution < -0.4 is 0 Å². The highest BCUT2D eigenvalue weighted by atomic mass is 32.2. The van der Waals surface area contributed by atoms with Gasteiger partial charge in [0.25, 0.3) is 5.91 Å². The second-order valence-corrected chi connectivity index (χ2v) is 4.90. The fraction of sp³-hybridized carbons (Fsp3) is 0.417. The summed E-state index contributed by atoms with van der Waals surface area (Å²) in [7, 11) is 1.43. The second kappa shape index (κ2) is 6.27. The maximum Gasteiger partial charge on any atom is 0.416 e. The maximum atomic E-state index is 13.5. The van der Waals surface area contributed by atoms with Crippen LogP contribution in [0.15, 0.2) is 18.2 Å². The zero-order valence-electron chi connectivity index (χ0n) is 10.4. The van der Waals surface area contributed by atoms with Crippen LogP contribution in [0.5, 0.6) is 0 Å². The van der Waals surface area contributed by atoms with E-state index in [2.05, 4.69) is 0 Å². The summed E-state index contributed by atoms with van der Waals surface area (Å²) in [5.41, 5.74) is -1.59. The minimum Gasteiger partial charge on any atom is -0.341 e. The monoisotopic (exact) mass is 295 g/mol. The molecule has 0 radical (unpaired) electrons. The standard InChI is InChI=1S/C12H13F4NOS/c1-17(5-6-19-2)11(18)9-7-8(12(14,15)16)3-4-10(9)13/h3-4,7H,5-6H2,1-2H3. The number of alkyl halides is 3. The van der Waals surface area contributed by atoms with Crippen LogP contribution >= 0.6 is 11.8 Å². The number of rotatable bonds is 4. The minimum atomic E-state index is -4.60. The molecule has 0 N–H and O–H groups in total. The van der Waals surface area contributed by atoms with Gasteiger partial charge in [0.05, 0.1) is 11.1 Å². The van der Waals surface area contributed by atoms with Gasteiger partial charge in [-0.25, -0.2) is 4.39 Å². The van der Waals surface area contributed by atoms with E-state index in [0.717, 1.165) is 0 Å². The van der Waals surface area contributed by atoms with Crippen molar-refractivity contribution in [2.75, 3.05) is 25.6 Å². The number of carbonyl (C=O) groups excluding carboxylic acids is 1. The summed E-state index contributed by atoms with van der Waals surface area (Å²) < 4.78 is 51.0. The first-order valence-corrected chi connectivity index (χ1v) is 6.78. The molecule has 7 heteroatoms. The normalized spacial score (nSPS) is 11.5. The highest BCUT2D eigenvalue weighted by molar-refractivity contribution is 7.98. The zero-order valence-corrected chi connectivity index (χ0v) is 11.2. The Morgan fingerprint density at radius 2 is 2.00 bits per heavy atom. The van der Waals surface area contributed by atoms with Gasteiger partial charge < -0.3 is 4.90 Å². The van der Waals surface area contributed by atoms with E-state index in [1.165, 1.54) is 23.7 Å². The van der Waals surface area contributed by atoms with Crippen molar-refractivity contribution in [3.05, 3.63) is 35.1 Å². The van der Waals surface area contributed by atoms with Crippen LogP contribution in [0.1, 0.15) is 15.9 Å². The van der Waals surface area contributed by atoms with Crippen molar-refractivity contribution in [2.24, 2.45) is 0 Å². The lowest BCUT2D eigenvalue weighted by molar-refractivity contribution is -0.137. The Morgan fingerprint density at radius 3 is 2.53 bits per heavy atom. The van der Waals surface area contributed by atoms with Crippen LogP contribution in [-0.4, -0.2) is 36.4 Å². The highest BCUT2D eigenvalue weighted by Gasteiger charge is 2.32. The van der Waals surface area contributed by atoms with E-state index >= 15 is 0 Å². The van der Waals surface area contributed by atoms with Crippen LogP contribution in [0, 0.1) is 5.82 Å². The lowest BCUT2D eigenvalue weighted by Crippen LogP contribution is -2.30. The molecule has 0 heterocycles. The Hall–Kier alpha value is -1.24. The van der Waals surface area contributed by atoms with Gasteiger partial charge in [-0.3, -0.25) is 4.79 Å². The minimum absolute atomic E-state index is 0.343. The number of thioether (sulfide) groups is 1. The summed E-state index contributed by atoms with van der Waals surface area (Å²) in [4.78, 5) is 13.1. The first-order valence-electron chi connectivity index (χ1n) is 5.38. The van der Waals surface area contributed by atoms with Gasteiger partial charge in [-0.2, -0.15) is 24.9 Å². The van der Waals surface area contributed by atoms with Crippen LogP contribution in [0.3, 0.4) is 0 Å². The Morgan fingerprint density at radius 1 is 1.37 bits per heavy atom. The summed E-state index contributed by atoms with van der Waals surface area (Å²) in [6, 6.07) is 1.83. The molecule has 0 fully saturated rings. The van der Waals surface area contributed by atoms with Gasteiger partial charge in [-0.05, 0) is 24.5 Å². The molecule has 106 valence electrons. The lowest BCUT2D eigenvalue weighted by atomic mass is 10.1. The van der Waals surface area contributed by atoms with E-state index in [9.17, 15) is 22.4 Å². The number of hydrogen-bond acceptors (Lipinski definition) is 2. The molecule has 0 saturated carbocycles. The van der Waals surface area contributed by atoms with Crippen molar-refractivity contribution in [3.63, 3.8) is 0 Å². The van der Waals surface area contributed by atoms with E-state index in [-0.39, 0.29) is 0 Å². The molecule has 1 aromatic carbocycles. The van der Waals surface area contributed by atoms with Crippen LogP contribution in [0.25, 0.3) is 0 Å². The van der Waals surface area contributed by atoms with Gasteiger partial charge in [-0.1, -0.05) is 0 Å². The van der Waals surface area contributed by atoms with Crippen molar-refractivity contribution in [1.29, 1.82) is 0 Å². The average Bonchev–Trinajstić information content (AvgIpc) is 2.34. The Balaban J connectivity index is 3.02. The molecule has 0 aromatic heterocycles. The topological polar surface area (TPSA) is 20.3 Å². The third kappa shape index (κ3) is 4.12. The molecule has 0 unspecified atom stereocenters. The quantitative estimate of drug-likeness (QED) is 0.795. The molecule has 1 rings (SSSR count). The molecule has 1 amide bonds. The fourth-order valence-corrected chi connectivity index (χ4v) is 1.86. The number of benzene rings is 1. The number of carbonyl (C=O) groups is 1. The van der Waals surface area contributed by atoms with E-state index in [1.54, 1.807) is 0 Å². The van der Waals surface area contributed by atoms with Crippen LogP contribution in [0.4, 0.5) is 17.6 Å². The Bertz CT molecular complexity index is 462. The summed E-state index contributed by atoms with van der Waals surface area (Å²) in [6.45, 7) is 0.343. The molecule has 0 saturated heterocycles. The molecule has 0 bridgehead atoms. The molecule has 0 aliphatic rings. The predicted molar refractivity (Wildman–Crippen MR) is 66.7 cm³/mol. The smallest absolute Gasteiger partial charge is 0.341 e. The average molecular weight is 295 g/mol. The van der Waals surface area contributed by atoms with Gasteiger partial charge in [0.1, 0.15) is 5.82 Å². The molecule has 0 aliphatic carbocycles. The molecule has 0 atom stereocenters. The van der Waals surface area contributed by atoms with Crippen LogP contribution in [0.2, 0.25) is 0 Å². The lowest BCUT2D eigenvalue weighted by Gasteiger charge is -2.17. The van der Waals surface area contributed by atoms with Gasteiger partial charge in [0, 0.05) is 19.3 Å². The summed E-state index contributed by atoms with van der Waals surface area (Å²) >= 11 is 1.49. The van der Waals surface area contributed by atoms with Gasteiger partial charge in [-0.15, -0.1) is 0 Å². The number of halogens is 4. The van der Waals surface area contributed by atoms with Gasteiger partial charge in [0.2, 0.25) is 0 Å². The zero-order chi connectivity index (χ0) is 14.6. The van der Waals surface area contributed by atoms with E-state index in [4.69, 9.17) is 0 Å². The van der Waals surface area contributed by atoms with Crippen molar-refractivity contribution in [1.82, 2.24) is 4.90 Å². The Labute approximate surface area is 112 Å².